The molecular weight excluding hydrogens is 188 g/mol. The Morgan fingerprint density at radius 2 is 2.00 bits per heavy atom. The van der Waals surface area contributed by atoms with Crippen LogP contribution in [0, 0.1) is 0 Å². The Bertz CT molecular complexity index is 328. The van der Waals surface area contributed by atoms with Crippen LogP contribution in [-0.4, -0.2) is 19.0 Å². The zero-order valence-corrected chi connectivity index (χ0v) is 9.03. The smallest absolute Gasteiger partial charge is 0.188 e. The Hall–Kier alpha value is -1.41. The van der Waals surface area contributed by atoms with Crippen LogP contribution in [0.4, 0.5) is 0 Å². The van der Waals surface area contributed by atoms with E-state index >= 15 is 0 Å². The van der Waals surface area contributed by atoms with Crippen LogP contribution >= 0.6 is 0 Å². The van der Waals surface area contributed by atoms with Gasteiger partial charge in [0.1, 0.15) is 6.61 Å². The van der Waals surface area contributed by atoms with Crippen molar-refractivity contribution >= 4 is 5.78 Å². The summed E-state index contributed by atoms with van der Waals surface area (Å²) in [6.07, 6.45) is 0.808. The van der Waals surface area contributed by atoms with Crippen LogP contribution in [0.25, 0.3) is 0 Å². The highest BCUT2D eigenvalue weighted by atomic mass is 16.5. The van der Waals surface area contributed by atoms with Gasteiger partial charge in [0.25, 0.3) is 0 Å². The molecule has 0 N–H and O–H groups in total. The Morgan fingerprint density at radius 3 is 2.60 bits per heavy atom. The second-order valence-corrected chi connectivity index (χ2v) is 3.55. The van der Waals surface area contributed by atoms with E-state index < -0.39 is 0 Å². The Labute approximate surface area is 90.6 Å². The van der Waals surface area contributed by atoms with E-state index in [1.165, 1.54) is 0 Å². The molecule has 1 aromatic rings. The average Bonchev–Trinajstić information content (AvgIpc) is 2.25. The second-order valence-electron chi connectivity index (χ2n) is 3.55. The summed E-state index contributed by atoms with van der Waals surface area (Å²) in [5.41, 5.74) is 1.77. The van der Waals surface area contributed by atoms with Crippen molar-refractivity contribution in [2.24, 2.45) is 0 Å². The molecule has 0 fully saturated rings. The van der Waals surface area contributed by atoms with Crippen LogP contribution in [-0.2, 0) is 4.74 Å². The van der Waals surface area contributed by atoms with Crippen LogP contribution in [0.2, 0.25) is 0 Å². The van der Waals surface area contributed by atoms with Crippen molar-refractivity contribution in [1.29, 1.82) is 0 Å². The van der Waals surface area contributed by atoms with Crippen molar-refractivity contribution in [2.75, 3.05) is 13.2 Å². The van der Waals surface area contributed by atoms with Crippen LogP contribution < -0.4 is 0 Å². The van der Waals surface area contributed by atoms with E-state index in [9.17, 15) is 4.79 Å². The van der Waals surface area contributed by atoms with Crippen molar-refractivity contribution in [1.82, 2.24) is 0 Å². The highest BCUT2D eigenvalue weighted by Gasteiger charge is 2.03. The molecule has 1 aromatic carbocycles. The molecule has 0 aliphatic carbocycles. The molecule has 0 spiro atoms. The van der Waals surface area contributed by atoms with Crippen LogP contribution in [0.15, 0.2) is 42.5 Å². The number of ether oxygens (including phenoxy) is 1. The lowest BCUT2D eigenvalue weighted by Gasteiger charge is -2.03. The second kappa shape index (κ2) is 6.14. The Kier molecular flexibility index (Phi) is 4.78. The number of rotatable bonds is 6. The lowest BCUT2D eigenvalue weighted by atomic mass is 10.1. The molecule has 2 heteroatoms. The first kappa shape index (κ1) is 11.7. The van der Waals surface area contributed by atoms with Gasteiger partial charge in [-0.25, -0.2) is 0 Å². The van der Waals surface area contributed by atoms with Gasteiger partial charge in [-0.3, -0.25) is 4.79 Å². The predicted octanol–water partition coefficient (Wildman–Crippen LogP) is 2.85. The number of carbonyl (C=O) groups excluding carboxylic acids is 1. The first-order valence-corrected chi connectivity index (χ1v) is 5.00. The minimum absolute atomic E-state index is 0.0253. The fourth-order valence-corrected chi connectivity index (χ4v) is 1.12. The van der Waals surface area contributed by atoms with Crippen molar-refractivity contribution < 1.29 is 9.53 Å². The summed E-state index contributed by atoms with van der Waals surface area (Å²) in [6, 6.07) is 9.18. The molecule has 15 heavy (non-hydrogen) atoms. The third-order valence-electron chi connectivity index (χ3n) is 2.00. The molecule has 0 aliphatic heterocycles. The summed E-state index contributed by atoms with van der Waals surface area (Å²) < 4.78 is 5.25. The van der Waals surface area contributed by atoms with Gasteiger partial charge < -0.3 is 4.74 Å². The van der Waals surface area contributed by atoms with E-state index in [4.69, 9.17) is 4.74 Å². The molecule has 0 saturated carbocycles. The zero-order chi connectivity index (χ0) is 11.1. The minimum Gasteiger partial charge on any atom is -0.373 e. The molecule has 0 aliphatic rings. The standard InChI is InChI=1S/C13H16O2/c1-11(2)8-9-15-10-13(14)12-6-4-3-5-7-12/h3-7H,1,8-10H2,2H3. The number of benzene rings is 1. The summed E-state index contributed by atoms with van der Waals surface area (Å²) in [7, 11) is 0. The summed E-state index contributed by atoms with van der Waals surface area (Å²) in [5, 5.41) is 0. The predicted molar refractivity (Wildman–Crippen MR) is 61.0 cm³/mol. The monoisotopic (exact) mass is 204 g/mol. The maximum atomic E-state index is 11.5. The lowest BCUT2D eigenvalue weighted by molar-refractivity contribution is 0.0765. The fraction of sp³-hybridized carbons (Fsp3) is 0.308. The van der Waals surface area contributed by atoms with Crippen molar-refractivity contribution in [3.63, 3.8) is 0 Å². The Morgan fingerprint density at radius 1 is 1.33 bits per heavy atom. The van der Waals surface area contributed by atoms with Gasteiger partial charge in [-0.1, -0.05) is 35.9 Å². The SMILES string of the molecule is C=C(C)CCOCC(=O)c1ccccc1. The molecule has 1 rings (SSSR count). The molecule has 0 bridgehead atoms. The number of hydrogen-bond acceptors (Lipinski definition) is 2. The molecule has 0 heterocycles. The van der Waals surface area contributed by atoms with Crippen molar-refractivity contribution in [3.8, 4) is 0 Å². The number of Topliss-reactive ketones (excluding diaryl/α,β-unsaturated/α-hetero) is 1. The third kappa shape index (κ3) is 4.56. The van der Waals surface area contributed by atoms with Gasteiger partial charge in [0.15, 0.2) is 5.78 Å². The highest BCUT2D eigenvalue weighted by Crippen LogP contribution is 2.01. The van der Waals surface area contributed by atoms with Gasteiger partial charge in [0.05, 0.1) is 6.61 Å². The first-order valence-electron chi connectivity index (χ1n) is 5.00. The third-order valence-corrected chi connectivity index (χ3v) is 2.00. The van der Waals surface area contributed by atoms with Crippen LogP contribution in [0.1, 0.15) is 23.7 Å². The first-order chi connectivity index (χ1) is 7.20. The fourth-order valence-electron chi connectivity index (χ4n) is 1.12. The summed E-state index contributed by atoms with van der Waals surface area (Å²) in [4.78, 5) is 11.5. The maximum absolute atomic E-state index is 11.5. The molecule has 0 aromatic heterocycles. The normalized spacial score (nSPS) is 9.93. The molecule has 0 saturated heterocycles. The molecule has 0 atom stereocenters. The lowest BCUT2D eigenvalue weighted by Crippen LogP contribution is -2.09. The van der Waals surface area contributed by atoms with Crippen molar-refractivity contribution in [2.45, 2.75) is 13.3 Å². The van der Waals surface area contributed by atoms with Gasteiger partial charge in [-0.2, -0.15) is 0 Å². The Balaban J connectivity index is 2.28. The van der Waals surface area contributed by atoms with Gasteiger partial charge in [0, 0.05) is 5.56 Å². The summed E-state index contributed by atoms with van der Waals surface area (Å²) in [6.45, 7) is 6.43. The van der Waals surface area contributed by atoms with Gasteiger partial charge in [-0.05, 0) is 13.3 Å². The number of hydrogen-bond donors (Lipinski definition) is 0. The quantitative estimate of drug-likeness (QED) is 0.404. The summed E-state index contributed by atoms with van der Waals surface area (Å²) >= 11 is 0. The maximum Gasteiger partial charge on any atom is 0.188 e. The van der Waals surface area contributed by atoms with Gasteiger partial charge in [-0.15, -0.1) is 6.58 Å². The average molecular weight is 204 g/mol. The van der Waals surface area contributed by atoms with Gasteiger partial charge >= 0.3 is 0 Å². The van der Waals surface area contributed by atoms with E-state index in [0.717, 1.165) is 12.0 Å². The van der Waals surface area contributed by atoms with Crippen molar-refractivity contribution in [3.05, 3.63) is 48.0 Å². The molecule has 80 valence electrons. The zero-order valence-electron chi connectivity index (χ0n) is 9.03. The van der Waals surface area contributed by atoms with E-state index in [2.05, 4.69) is 6.58 Å². The highest BCUT2D eigenvalue weighted by molar-refractivity contribution is 5.96. The largest absolute Gasteiger partial charge is 0.373 e. The summed E-state index contributed by atoms with van der Waals surface area (Å²) in [5.74, 6) is 0.0253. The van der Waals surface area contributed by atoms with E-state index in [-0.39, 0.29) is 12.4 Å². The van der Waals surface area contributed by atoms with Gasteiger partial charge in [0.2, 0.25) is 0 Å². The number of carbonyl (C=O) groups is 1. The van der Waals surface area contributed by atoms with E-state index in [1.807, 2.05) is 25.1 Å². The molecule has 0 radical (unpaired) electrons. The number of ketones is 1. The molecule has 2 nitrogen and oxygen atoms in total. The molecule has 0 amide bonds. The van der Waals surface area contributed by atoms with Crippen LogP contribution in [0.5, 0.6) is 0 Å². The van der Waals surface area contributed by atoms with Crippen LogP contribution in [0.3, 0.4) is 0 Å². The molecular formula is C13H16O2. The van der Waals surface area contributed by atoms with E-state index in [1.54, 1.807) is 12.1 Å². The molecule has 0 unspecified atom stereocenters. The topological polar surface area (TPSA) is 26.3 Å². The minimum atomic E-state index is 0.0253. The van der Waals surface area contributed by atoms with E-state index in [0.29, 0.717) is 12.2 Å².